The SMILES string of the molecule is c1ccc(-c2c3c(cc4c(-c5ccc(-c6ccc7c(c6)-c6ccccc6C7(c6ccccc6)c6ccccc6)cc5)nc5ccccc5c24)oc2ccccc23)cc1. The molecule has 2 heterocycles. The molecule has 2 aromatic heterocycles. The van der Waals surface area contributed by atoms with Crippen LogP contribution in [-0.2, 0) is 5.41 Å². The smallest absolute Gasteiger partial charge is 0.136 e. The van der Waals surface area contributed by atoms with Crippen LogP contribution in [0.25, 0.3) is 88.3 Å². The lowest BCUT2D eigenvalue weighted by atomic mass is 9.67. The number of fused-ring (bicyclic) bond motifs is 9. The highest BCUT2D eigenvalue weighted by atomic mass is 16.3. The largest absolute Gasteiger partial charge is 0.456 e. The minimum absolute atomic E-state index is 0.413. The van der Waals surface area contributed by atoms with E-state index in [-0.39, 0.29) is 0 Å². The van der Waals surface area contributed by atoms with Gasteiger partial charge in [0, 0.05) is 38.1 Å². The first kappa shape index (κ1) is 32.7. The molecule has 0 spiro atoms. The molecular weight excluding hydrogens is 703 g/mol. The van der Waals surface area contributed by atoms with Gasteiger partial charge >= 0.3 is 0 Å². The summed E-state index contributed by atoms with van der Waals surface area (Å²) in [5.41, 5.74) is 16.7. The van der Waals surface area contributed by atoms with Crippen LogP contribution in [0.4, 0.5) is 0 Å². The lowest BCUT2D eigenvalue weighted by molar-refractivity contribution is 0.669. The molecule has 0 bridgehead atoms. The van der Waals surface area contributed by atoms with Crippen molar-refractivity contribution in [1.82, 2.24) is 4.98 Å². The highest BCUT2D eigenvalue weighted by molar-refractivity contribution is 6.27. The Kier molecular flexibility index (Phi) is 7.18. The minimum atomic E-state index is -0.413. The van der Waals surface area contributed by atoms with E-state index in [1.165, 1.54) is 49.9 Å². The van der Waals surface area contributed by atoms with Gasteiger partial charge in [-0.3, -0.25) is 0 Å². The Labute approximate surface area is 336 Å². The summed E-state index contributed by atoms with van der Waals surface area (Å²) in [6.45, 7) is 0. The van der Waals surface area contributed by atoms with Crippen LogP contribution in [0.5, 0.6) is 0 Å². The first-order chi connectivity index (χ1) is 28.8. The normalized spacial score (nSPS) is 13.0. The maximum atomic E-state index is 6.61. The van der Waals surface area contributed by atoms with Crippen molar-refractivity contribution in [3.63, 3.8) is 0 Å². The van der Waals surface area contributed by atoms with E-state index in [0.29, 0.717) is 0 Å². The number of para-hydroxylation sites is 2. The van der Waals surface area contributed by atoms with Crippen molar-refractivity contribution in [2.24, 2.45) is 0 Å². The van der Waals surface area contributed by atoms with Crippen molar-refractivity contribution in [1.29, 1.82) is 0 Å². The molecule has 0 saturated carbocycles. The quantitative estimate of drug-likeness (QED) is 0.164. The molecule has 2 heteroatoms. The molecule has 0 N–H and O–H groups in total. The van der Waals surface area contributed by atoms with Gasteiger partial charge in [-0.25, -0.2) is 4.98 Å². The molecule has 270 valence electrons. The second-order valence-electron chi connectivity index (χ2n) is 15.4. The van der Waals surface area contributed by atoms with Gasteiger partial charge in [-0.2, -0.15) is 0 Å². The number of benzene rings is 9. The molecule has 0 radical (unpaired) electrons. The molecule has 1 aliphatic carbocycles. The topological polar surface area (TPSA) is 26.0 Å². The zero-order valence-electron chi connectivity index (χ0n) is 31.6. The maximum absolute atomic E-state index is 6.61. The number of nitrogens with zero attached hydrogens (tertiary/aromatic N) is 1. The van der Waals surface area contributed by atoms with E-state index < -0.39 is 5.41 Å². The number of pyridine rings is 1. The summed E-state index contributed by atoms with van der Waals surface area (Å²) < 4.78 is 6.61. The third-order valence-corrected chi connectivity index (χ3v) is 12.3. The number of hydrogen-bond donors (Lipinski definition) is 0. The van der Waals surface area contributed by atoms with Gasteiger partial charge in [-0.15, -0.1) is 0 Å². The fourth-order valence-electron chi connectivity index (χ4n) is 9.88. The van der Waals surface area contributed by atoms with Gasteiger partial charge in [0.2, 0.25) is 0 Å². The Morgan fingerprint density at radius 2 is 0.948 bits per heavy atom. The van der Waals surface area contributed by atoms with Crippen molar-refractivity contribution in [3.05, 3.63) is 235 Å². The van der Waals surface area contributed by atoms with Crippen molar-refractivity contribution < 1.29 is 4.42 Å². The molecule has 11 aromatic rings. The molecule has 0 saturated heterocycles. The van der Waals surface area contributed by atoms with Crippen LogP contribution in [0, 0.1) is 0 Å². The molecule has 0 fully saturated rings. The molecule has 58 heavy (non-hydrogen) atoms. The Hall–Kier alpha value is -7.55. The molecule has 0 aliphatic heterocycles. The van der Waals surface area contributed by atoms with Crippen molar-refractivity contribution >= 4 is 43.6 Å². The van der Waals surface area contributed by atoms with Crippen LogP contribution >= 0.6 is 0 Å². The van der Waals surface area contributed by atoms with Gasteiger partial charge < -0.3 is 4.42 Å². The van der Waals surface area contributed by atoms with E-state index in [1.54, 1.807) is 0 Å². The molecule has 0 unspecified atom stereocenters. The molecular formula is C56H35NO. The number of rotatable bonds is 5. The van der Waals surface area contributed by atoms with Crippen LogP contribution < -0.4 is 0 Å². The van der Waals surface area contributed by atoms with Gasteiger partial charge in [-0.1, -0.05) is 188 Å². The van der Waals surface area contributed by atoms with Gasteiger partial charge in [-0.05, 0) is 74.3 Å². The van der Waals surface area contributed by atoms with E-state index in [0.717, 1.165) is 60.6 Å². The van der Waals surface area contributed by atoms with Crippen LogP contribution in [-0.4, -0.2) is 4.98 Å². The standard InChI is InChI=1S/C56H35NO/c1-4-16-37(17-5-1)52-53-43-23-11-14-26-49(43)57-55(46(53)35-51-54(52)44-24-12-15-27-50(44)58-51)38-30-28-36(29-31-38)39-32-33-48-45(34-39)42-22-10-13-25-47(42)56(48,40-18-6-2-7-19-40)41-20-8-3-9-21-41/h1-35H. The van der Waals surface area contributed by atoms with Gasteiger partial charge in [0.25, 0.3) is 0 Å². The number of aromatic nitrogens is 1. The Morgan fingerprint density at radius 1 is 0.362 bits per heavy atom. The van der Waals surface area contributed by atoms with Crippen LogP contribution in [0.2, 0.25) is 0 Å². The third kappa shape index (κ3) is 4.69. The summed E-state index contributed by atoms with van der Waals surface area (Å²) in [6.07, 6.45) is 0. The van der Waals surface area contributed by atoms with E-state index in [4.69, 9.17) is 9.40 Å². The van der Waals surface area contributed by atoms with Crippen molar-refractivity contribution in [2.75, 3.05) is 0 Å². The van der Waals surface area contributed by atoms with Crippen LogP contribution in [0.3, 0.4) is 0 Å². The number of hydrogen-bond acceptors (Lipinski definition) is 2. The maximum Gasteiger partial charge on any atom is 0.136 e. The fourth-order valence-corrected chi connectivity index (χ4v) is 9.88. The second kappa shape index (κ2) is 12.7. The summed E-state index contributed by atoms with van der Waals surface area (Å²) in [6, 6.07) is 76.7. The van der Waals surface area contributed by atoms with Crippen LogP contribution in [0.1, 0.15) is 22.3 Å². The summed E-state index contributed by atoms with van der Waals surface area (Å²) >= 11 is 0. The predicted molar refractivity (Wildman–Crippen MR) is 240 cm³/mol. The molecule has 12 rings (SSSR count). The number of furan rings is 1. The summed E-state index contributed by atoms with van der Waals surface area (Å²) in [4.78, 5) is 5.38. The zero-order valence-corrected chi connectivity index (χ0v) is 31.6. The van der Waals surface area contributed by atoms with E-state index in [2.05, 4.69) is 206 Å². The average molecular weight is 738 g/mol. The molecule has 9 aromatic carbocycles. The Bertz CT molecular complexity index is 3320. The highest BCUT2D eigenvalue weighted by Gasteiger charge is 2.45. The van der Waals surface area contributed by atoms with E-state index >= 15 is 0 Å². The Balaban J connectivity index is 1.05. The predicted octanol–water partition coefficient (Wildman–Crippen LogP) is 14.7. The van der Waals surface area contributed by atoms with Crippen LogP contribution in [0.15, 0.2) is 217 Å². The first-order valence-corrected chi connectivity index (χ1v) is 20.0. The monoisotopic (exact) mass is 737 g/mol. The molecule has 0 amide bonds. The van der Waals surface area contributed by atoms with Gasteiger partial charge in [0.1, 0.15) is 11.2 Å². The summed E-state index contributed by atoms with van der Waals surface area (Å²) in [5.74, 6) is 0. The molecule has 0 atom stereocenters. The van der Waals surface area contributed by atoms with Crippen molar-refractivity contribution in [3.8, 4) is 44.6 Å². The molecule has 2 nitrogen and oxygen atoms in total. The summed E-state index contributed by atoms with van der Waals surface area (Å²) in [5, 5.41) is 5.64. The lowest BCUT2D eigenvalue weighted by Gasteiger charge is -2.33. The highest BCUT2D eigenvalue weighted by Crippen LogP contribution is 2.56. The zero-order chi connectivity index (χ0) is 38.2. The third-order valence-electron chi connectivity index (χ3n) is 12.3. The van der Waals surface area contributed by atoms with E-state index in [1.807, 2.05) is 6.07 Å². The minimum Gasteiger partial charge on any atom is -0.456 e. The molecule has 1 aliphatic rings. The van der Waals surface area contributed by atoms with Crippen molar-refractivity contribution in [2.45, 2.75) is 5.41 Å². The Morgan fingerprint density at radius 3 is 1.71 bits per heavy atom. The lowest BCUT2D eigenvalue weighted by Crippen LogP contribution is -2.28. The summed E-state index contributed by atoms with van der Waals surface area (Å²) in [7, 11) is 0. The first-order valence-electron chi connectivity index (χ1n) is 20.0. The fraction of sp³-hybridized carbons (Fsp3) is 0.0179. The second-order valence-corrected chi connectivity index (χ2v) is 15.4. The van der Waals surface area contributed by atoms with E-state index in [9.17, 15) is 0 Å². The van der Waals surface area contributed by atoms with Gasteiger partial charge in [0.05, 0.1) is 16.6 Å². The average Bonchev–Trinajstić information content (AvgIpc) is 3.82. The van der Waals surface area contributed by atoms with Gasteiger partial charge in [0.15, 0.2) is 0 Å².